The van der Waals surface area contributed by atoms with E-state index in [-0.39, 0.29) is 17.0 Å². The number of thioether (sulfide) groups is 1. The van der Waals surface area contributed by atoms with Crippen molar-refractivity contribution < 1.29 is 9.72 Å². The van der Waals surface area contributed by atoms with Crippen LogP contribution in [0.5, 0.6) is 0 Å². The number of nitrogens with zero attached hydrogens (tertiary/aromatic N) is 2. The topological polar surface area (TPSA) is 63.5 Å². The van der Waals surface area contributed by atoms with E-state index in [4.69, 9.17) is 0 Å². The average Bonchev–Trinajstić information content (AvgIpc) is 3.03. The molecule has 1 saturated heterocycles. The maximum Gasteiger partial charge on any atom is 0.273 e. The van der Waals surface area contributed by atoms with Gasteiger partial charge in [-0.2, -0.15) is 0 Å². The van der Waals surface area contributed by atoms with Gasteiger partial charge in [0.2, 0.25) is 0 Å². The van der Waals surface area contributed by atoms with Crippen molar-refractivity contribution in [2.24, 2.45) is 0 Å². The van der Waals surface area contributed by atoms with Gasteiger partial charge >= 0.3 is 0 Å². The minimum absolute atomic E-state index is 0.0132. The van der Waals surface area contributed by atoms with Crippen LogP contribution in [-0.2, 0) is 0 Å². The lowest BCUT2D eigenvalue weighted by Gasteiger charge is -2.25. The van der Waals surface area contributed by atoms with Gasteiger partial charge in [-0.1, -0.05) is 29.8 Å². The molecular formula is C19H20N2O3S. The van der Waals surface area contributed by atoms with Gasteiger partial charge in [-0.25, -0.2) is 0 Å². The number of nitro groups is 1. The van der Waals surface area contributed by atoms with E-state index < -0.39 is 4.92 Å². The van der Waals surface area contributed by atoms with E-state index in [0.29, 0.717) is 17.7 Å². The lowest BCUT2D eigenvalue weighted by Crippen LogP contribution is -2.30. The normalized spacial score (nSPS) is 16.9. The predicted octanol–water partition coefficient (Wildman–Crippen LogP) is 4.41. The van der Waals surface area contributed by atoms with Crippen molar-refractivity contribution in [2.45, 2.75) is 26.1 Å². The molecule has 5 nitrogen and oxygen atoms in total. The number of rotatable bonds is 3. The second kappa shape index (κ2) is 6.88. The molecular weight excluding hydrogens is 336 g/mol. The van der Waals surface area contributed by atoms with Crippen LogP contribution in [-0.4, -0.2) is 28.0 Å². The first-order chi connectivity index (χ1) is 11.9. The highest BCUT2D eigenvalue weighted by Gasteiger charge is 2.32. The molecule has 0 aromatic heterocycles. The zero-order valence-corrected chi connectivity index (χ0v) is 15.3. The molecule has 2 aromatic carbocycles. The molecule has 1 amide bonds. The summed E-state index contributed by atoms with van der Waals surface area (Å²) in [7, 11) is 0. The van der Waals surface area contributed by atoms with Gasteiger partial charge in [0.1, 0.15) is 5.37 Å². The molecule has 0 spiro atoms. The molecule has 1 aliphatic heterocycles. The fraction of sp³-hybridized carbons (Fsp3) is 0.316. The molecule has 0 saturated carbocycles. The molecule has 1 heterocycles. The van der Waals surface area contributed by atoms with Gasteiger partial charge in [0, 0.05) is 29.5 Å². The summed E-state index contributed by atoms with van der Waals surface area (Å²) in [5.74, 6) is 0.704. The Morgan fingerprint density at radius 2 is 1.92 bits per heavy atom. The van der Waals surface area contributed by atoms with E-state index in [0.717, 1.165) is 16.9 Å². The number of hydrogen-bond donors (Lipinski definition) is 0. The molecule has 1 fully saturated rings. The van der Waals surface area contributed by atoms with Crippen LogP contribution >= 0.6 is 11.8 Å². The third-order valence-electron chi connectivity index (χ3n) is 4.50. The molecule has 0 N–H and O–H groups in total. The number of carbonyl (C=O) groups excluding carboxylic acids is 1. The average molecular weight is 356 g/mol. The minimum atomic E-state index is -0.438. The summed E-state index contributed by atoms with van der Waals surface area (Å²) in [5.41, 5.74) is 4.39. The van der Waals surface area contributed by atoms with Crippen LogP contribution in [0.25, 0.3) is 0 Å². The summed E-state index contributed by atoms with van der Waals surface area (Å²) in [6, 6.07) is 11.0. The van der Waals surface area contributed by atoms with E-state index in [1.165, 1.54) is 11.6 Å². The van der Waals surface area contributed by atoms with Crippen molar-refractivity contribution in [3.05, 3.63) is 74.3 Å². The third-order valence-corrected chi connectivity index (χ3v) is 5.74. The van der Waals surface area contributed by atoms with E-state index >= 15 is 0 Å². The van der Waals surface area contributed by atoms with Crippen molar-refractivity contribution in [3.63, 3.8) is 0 Å². The summed E-state index contributed by atoms with van der Waals surface area (Å²) in [6.45, 7) is 6.42. The van der Waals surface area contributed by atoms with Crippen molar-refractivity contribution in [2.75, 3.05) is 12.3 Å². The van der Waals surface area contributed by atoms with Gasteiger partial charge in [0.25, 0.3) is 11.6 Å². The molecule has 25 heavy (non-hydrogen) atoms. The Morgan fingerprint density at radius 3 is 2.60 bits per heavy atom. The third kappa shape index (κ3) is 3.39. The van der Waals surface area contributed by atoms with Crippen LogP contribution in [0.3, 0.4) is 0 Å². The second-order valence-electron chi connectivity index (χ2n) is 6.34. The van der Waals surface area contributed by atoms with E-state index in [1.54, 1.807) is 30.8 Å². The van der Waals surface area contributed by atoms with Gasteiger partial charge in [0.15, 0.2) is 0 Å². The molecule has 0 radical (unpaired) electrons. The standard InChI is InChI=1S/C19H20N2O3S/c1-12-4-7-16(14(3)10-12)19-20(8-9-25-19)18(22)15-6-5-13(2)17(11-15)21(23)24/h4-7,10-11,19H,8-9H2,1-3H3/t19-/m1/s1. The second-order valence-corrected chi connectivity index (χ2v) is 7.53. The fourth-order valence-electron chi connectivity index (χ4n) is 3.14. The molecule has 0 unspecified atom stereocenters. The Morgan fingerprint density at radius 1 is 1.16 bits per heavy atom. The number of aryl methyl sites for hydroxylation is 3. The van der Waals surface area contributed by atoms with Gasteiger partial charge in [-0.3, -0.25) is 14.9 Å². The monoisotopic (exact) mass is 356 g/mol. The first-order valence-electron chi connectivity index (χ1n) is 8.13. The van der Waals surface area contributed by atoms with Crippen LogP contribution in [0.4, 0.5) is 5.69 Å². The van der Waals surface area contributed by atoms with E-state index in [9.17, 15) is 14.9 Å². The van der Waals surface area contributed by atoms with Crippen molar-refractivity contribution >= 4 is 23.4 Å². The number of nitro benzene ring substituents is 1. The molecule has 0 bridgehead atoms. The van der Waals surface area contributed by atoms with Gasteiger partial charge < -0.3 is 4.90 Å². The summed E-state index contributed by atoms with van der Waals surface area (Å²) in [5, 5.41) is 11.1. The van der Waals surface area contributed by atoms with Gasteiger partial charge in [0.05, 0.1) is 4.92 Å². The lowest BCUT2D eigenvalue weighted by molar-refractivity contribution is -0.385. The number of amides is 1. The Bertz CT molecular complexity index is 851. The molecule has 130 valence electrons. The number of hydrogen-bond acceptors (Lipinski definition) is 4. The molecule has 3 rings (SSSR count). The maximum atomic E-state index is 13.0. The van der Waals surface area contributed by atoms with Crippen LogP contribution < -0.4 is 0 Å². The zero-order valence-electron chi connectivity index (χ0n) is 14.5. The summed E-state index contributed by atoms with van der Waals surface area (Å²) in [4.78, 5) is 25.5. The molecule has 6 heteroatoms. The van der Waals surface area contributed by atoms with Crippen molar-refractivity contribution in [1.29, 1.82) is 0 Å². The van der Waals surface area contributed by atoms with Gasteiger partial charge in [-0.05, 0) is 38.0 Å². The minimum Gasteiger partial charge on any atom is -0.322 e. The Hall–Kier alpha value is -2.34. The number of carbonyl (C=O) groups is 1. The smallest absolute Gasteiger partial charge is 0.273 e. The highest BCUT2D eigenvalue weighted by molar-refractivity contribution is 7.99. The lowest BCUT2D eigenvalue weighted by atomic mass is 10.0. The van der Waals surface area contributed by atoms with Crippen LogP contribution in [0.2, 0.25) is 0 Å². The largest absolute Gasteiger partial charge is 0.322 e. The van der Waals surface area contributed by atoms with E-state index in [2.05, 4.69) is 25.1 Å². The highest BCUT2D eigenvalue weighted by atomic mass is 32.2. The van der Waals surface area contributed by atoms with Crippen molar-refractivity contribution in [3.8, 4) is 0 Å². The quantitative estimate of drug-likeness (QED) is 0.604. The first-order valence-corrected chi connectivity index (χ1v) is 9.18. The molecule has 2 aromatic rings. The summed E-state index contributed by atoms with van der Waals surface area (Å²) >= 11 is 1.73. The maximum absolute atomic E-state index is 13.0. The summed E-state index contributed by atoms with van der Waals surface area (Å²) in [6.07, 6.45) is 0. The Kier molecular flexibility index (Phi) is 4.81. The Labute approximate surface area is 151 Å². The van der Waals surface area contributed by atoms with Crippen molar-refractivity contribution in [1.82, 2.24) is 4.90 Å². The predicted molar refractivity (Wildman–Crippen MR) is 100.0 cm³/mol. The highest BCUT2D eigenvalue weighted by Crippen LogP contribution is 2.40. The first kappa shape index (κ1) is 17.5. The molecule has 1 atom stereocenters. The van der Waals surface area contributed by atoms with Crippen LogP contribution in [0.15, 0.2) is 36.4 Å². The fourth-order valence-corrected chi connectivity index (χ4v) is 4.49. The molecule has 1 aliphatic rings. The zero-order chi connectivity index (χ0) is 18.1. The van der Waals surface area contributed by atoms with Crippen LogP contribution in [0.1, 0.15) is 38.0 Å². The van der Waals surface area contributed by atoms with E-state index in [1.807, 2.05) is 11.8 Å². The summed E-state index contributed by atoms with van der Waals surface area (Å²) < 4.78 is 0. The van der Waals surface area contributed by atoms with Crippen LogP contribution in [0, 0.1) is 30.9 Å². The Balaban J connectivity index is 1.93. The SMILES string of the molecule is Cc1ccc([C@H]2SCCN2C(=O)c2ccc(C)c([N+](=O)[O-])c2)c(C)c1. The molecule has 0 aliphatic carbocycles. The number of benzene rings is 2. The van der Waals surface area contributed by atoms with Gasteiger partial charge in [-0.15, -0.1) is 11.8 Å².